The Labute approximate surface area is 175 Å². The van der Waals surface area contributed by atoms with Crippen LogP contribution in [-0.2, 0) is 10.0 Å². The highest BCUT2D eigenvalue weighted by atomic mass is 32.2. The van der Waals surface area contributed by atoms with E-state index < -0.39 is 15.4 Å². The number of sulfonamides is 1. The van der Waals surface area contributed by atoms with Crippen LogP contribution in [-0.4, -0.2) is 72.8 Å². The van der Waals surface area contributed by atoms with Crippen molar-refractivity contribution in [2.75, 3.05) is 44.4 Å². The van der Waals surface area contributed by atoms with E-state index in [1.165, 1.54) is 4.31 Å². The lowest BCUT2D eigenvalue weighted by molar-refractivity contribution is 0.0292. The molecule has 2 aliphatic rings. The monoisotopic (exact) mass is 435 g/mol. The van der Waals surface area contributed by atoms with Gasteiger partial charge < -0.3 is 19.5 Å². The quantitative estimate of drug-likeness (QED) is 0.759. The summed E-state index contributed by atoms with van der Waals surface area (Å²) < 4.78 is 37.0. The molecule has 1 aromatic heterocycles. The molecule has 0 saturated carbocycles. The lowest BCUT2D eigenvalue weighted by Crippen LogP contribution is -2.62. The number of aromatic nitrogens is 2. The summed E-state index contributed by atoms with van der Waals surface area (Å²) in [7, 11) is -1.80. The van der Waals surface area contributed by atoms with Crippen molar-refractivity contribution in [2.24, 2.45) is 5.41 Å². The van der Waals surface area contributed by atoms with Crippen molar-refractivity contribution in [3.05, 3.63) is 36.0 Å². The zero-order chi connectivity index (χ0) is 21.5. The number of carbonyl (C=O) groups is 1. The average Bonchev–Trinajstić information content (AvgIpc) is 3.31. The Balaban J connectivity index is 1.50. The maximum Gasteiger partial charge on any atom is 0.321 e. The van der Waals surface area contributed by atoms with Crippen LogP contribution in [0.4, 0.5) is 10.5 Å². The molecule has 10 nitrogen and oxygen atoms in total. The molecule has 0 aliphatic carbocycles. The van der Waals surface area contributed by atoms with E-state index in [1.807, 2.05) is 0 Å². The summed E-state index contributed by atoms with van der Waals surface area (Å²) in [6.45, 7) is 4.78. The number of nitrogens with zero attached hydrogens (tertiary/aromatic N) is 4. The number of carbonyl (C=O) groups excluding carboxylic acids is 1. The van der Waals surface area contributed by atoms with E-state index in [1.54, 1.807) is 50.1 Å². The first-order chi connectivity index (χ1) is 14.3. The number of nitrogens with one attached hydrogen (secondary N) is 1. The molecule has 2 aromatic rings. The van der Waals surface area contributed by atoms with E-state index in [2.05, 4.69) is 15.5 Å². The summed E-state index contributed by atoms with van der Waals surface area (Å²) in [6, 6.07) is 6.87. The molecular formula is C19H25N5O5S. The number of hydrogen-bond donors (Lipinski definition) is 1. The number of aryl methyl sites for hydroxylation is 1. The highest BCUT2D eigenvalue weighted by Crippen LogP contribution is 2.49. The van der Waals surface area contributed by atoms with Gasteiger partial charge in [-0.25, -0.2) is 17.5 Å². The highest BCUT2D eigenvalue weighted by Gasteiger charge is 2.59. The van der Waals surface area contributed by atoms with Crippen LogP contribution >= 0.6 is 0 Å². The lowest BCUT2D eigenvalue weighted by Gasteiger charge is -2.49. The van der Waals surface area contributed by atoms with Crippen LogP contribution in [0.2, 0.25) is 0 Å². The molecule has 1 N–H and O–H groups in total. The number of methoxy groups -OCH3 is 1. The van der Waals surface area contributed by atoms with Crippen molar-refractivity contribution in [3.63, 3.8) is 0 Å². The number of benzene rings is 1. The third-order valence-corrected chi connectivity index (χ3v) is 7.63. The molecule has 2 amide bonds. The van der Waals surface area contributed by atoms with Crippen molar-refractivity contribution >= 4 is 21.7 Å². The van der Waals surface area contributed by atoms with Crippen LogP contribution in [0.1, 0.15) is 24.6 Å². The summed E-state index contributed by atoms with van der Waals surface area (Å²) >= 11 is 0. The van der Waals surface area contributed by atoms with Gasteiger partial charge in [0.1, 0.15) is 5.75 Å². The Morgan fingerprint density at radius 1 is 1.37 bits per heavy atom. The number of ether oxygens (including phenoxy) is 1. The van der Waals surface area contributed by atoms with E-state index in [0.717, 1.165) is 0 Å². The predicted molar refractivity (Wildman–Crippen MR) is 109 cm³/mol. The molecule has 162 valence electrons. The Bertz CT molecular complexity index is 1050. The summed E-state index contributed by atoms with van der Waals surface area (Å²) in [4.78, 5) is 18.7. The van der Waals surface area contributed by atoms with Gasteiger partial charge in [0.25, 0.3) is 0 Å². The molecule has 11 heteroatoms. The minimum absolute atomic E-state index is 0.0265. The Hall–Kier alpha value is -2.66. The van der Waals surface area contributed by atoms with Crippen molar-refractivity contribution in [1.82, 2.24) is 19.3 Å². The first kappa shape index (κ1) is 20.6. The second-order valence-electron chi connectivity index (χ2n) is 7.81. The molecule has 1 spiro atoms. The SMILES string of the molecule is CCS(=O)(=O)N1CC(c2nc(C)no2)C2(CN(C(=O)Nc3cccc(OC)c3)C2)C1. The number of urea groups is 1. The van der Waals surface area contributed by atoms with Crippen LogP contribution in [0, 0.1) is 12.3 Å². The molecule has 0 radical (unpaired) electrons. The van der Waals surface area contributed by atoms with Gasteiger partial charge in [0, 0.05) is 43.3 Å². The van der Waals surface area contributed by atoms with Crippen molar-refractivity contribution in [1.29, 1.82) is 0 Å². The predicted octanol–water partition coefficient (Wildman–Crippen LogP) is 1.67. The summed E-state index contributed by atoms with van der Waals surface area (Å²) in [5.41, 5.74) is 0.193. The zero-order valence-electron chi connectivity index (χ0n) is 17.2. The third-order valence-electron chi connectivity index (χ3n) is 5.84. The summed E-state index contributed by atoms with van der Waals surface area (Å²) in [6.07, 6.45) is 0. The van der Waals surface area contributed by atoms with Crippen molar-refractivity contribution in [3.8, 4) is 5.75 Å². The molecular weight excluding hydrogens is 410 g/mol. The van der Waals surface area contributed by atoms with Gasteiger partial charge >= 0.3 is 6.03 Å². The van der Waals surface area contributed by atoms with Gasteiger partial charge in [-0.05, 0) is 26.0 Å². The van der Waals surface area contributed by atoms with Gasteiger partial charge in [0.15, 0.2) is 5.82 Å². The molecule has 1 aromatic carbocycles. The molecule has 2 saturated heterocycles. The molecule has 30 heavy (non-hydrogen) atoms. The fraction of sp³-hybridized carbons (Fsp3) is 0.526. The van der Waals surface area contributed by atoms with Gasteiger partial charge in [0.2, 0.25) is 15.9 Å². The number of rotatable bonds is 5. The zero-order valence-corrected chi connectivity index (χ0v) is 18.0. The fourth-order valence-corrected chi connectivity index (χ4v) is 5.39. The van der Waals surface area contributed by atoms with Gasteiger partial charge in [0.05, 0.1) is 18.8 Å². The number of amides is 2. The molecule has 3 heterocycles. The van der Waals surface area contributed by atoms with Crippen LogP contribution in [0.3, 0.4) is 0 Å². The standard InChI is InChI=1S/C19H25N5O5S/c1-4-30(26,27)24-9-16(17-20-13(2)22-29-17)19(12-24)10-23(11-19)18(25)21-14-6-5-7-15(8-14)28-3/h5-8,16H,4,9-12H2,1-3H3,(H,21,25). The van der Waals surface area contributed by atoms with Gasteiger partial charge in [-0.15, -0.1) is 0 Å². The topological polar surface area (TPSA) is 118 Å². The van der Waals surface area contributed by atoms with E-state index in [0.29, 0.717) is 42.8 Å². The average molecular weight is 436 g/mol. The van der Waals surface area contributed by atoms with E-state index in [9.17, 15) is 13.2 Å². The van der Waals surface area contributed by atoms with Gasteiger partial charge in [-0.3, -0.25) is 0 Å². The van der Waals surface area contributed by atoms with Gasteiger partial charge in [-0.2, -0.15) is 4.98 Å². The third kappa shape index (κ3) is 3.63. The largest absolute Gasteiger partial charge is 0.497 e. The second kappa shape index (κ2) is 7.55. The number of likely N-dealkylation sites (tertiary alicyclic amines) is 1. The van der Waals surface area contributed by atoms with E-state index in [4.69, 9.17) is 9.26 Å². The van der Waals surface area contributed by atoms with Crippen LogP contribution in [0.5, 0.6) is 5.75 Å². The molecule has 0 bridgehead atoms. The van der Waals surface area contributed by atoms with Gasteiger partial charge in [-0.1, -0.05) is 11.2 Å². The highest BCUT2D eigenvalue weighted by molar-refractivity contribution is 7.89. The minimum Gasteiger partial charge on any atom is -0.497 e. The first-order valence-corrected chi connectivity index (χ1v) is 11.4. The Kier molecular flexibility index (Phi) is 5.18. The van der Waals surface area contributed by atoms with Crippen LogP contribution in [0.25, 0.3) is 0 Å². The maximum atomic E-state index is 12.7. The van der Waals surface area contributed by atoms with Crippen molar-refractivity contribution in [2.45, 2.75) is 19.8 Å². The summed E-state index contributed by atoms with van der Waals surface area (Å²) in [5, 5.41) is 6.72. The van der Waals surface area contributed by atoms with E-state index in [-0.39, 0.29) is 24.2 Å². The second-order valence-corrected chi connectivity index (χ2v) is 10.1. The first-order valence-electron chi connectivity index (χ1n) is 9.74. The Morgan fingerprint density at radius 2 is 2.13 bits per heavy atom. The smallest absolute Gasteiger partial charge is 0.321 e. The maximum absolute atomic E-state index is 12.7. The molecule has 1 atom stereocenters. The normalized spacial score (nSPS) is 20.9. The van der Waals surface area contributed by atoms with Crippen LogP contribution in [0.15, 0.2) is 28.8 Å². The lowest BCUT2D eigenvalue weighted by atomic mass is 9.71. The fourth-order valence-electron chi connectivity index (χ4n) is 4.19. The Morgan fingerprint density at radius 3 is 2.77 bits per heavy atom. The van der Waals surface area contributed by atoms with Crippen molar-refractivity contribution < 1.29 is 22.5 Å². The number of anilines is 1. The molecule has 2 aliphatic heterocycles. The van der Waals surface area contributed by atoms with E-state index >= 15 is 0 Å². The molecule has 2 fully saturated rings. The molecule has 4 rings (SSSR count). The number of hydrogen-bond acceptors (Lipinski definition) is 7. The summed E-state index contributed by atoms with van der Waals surface area (Å²) in [5.74, 6) is 1.36. The minimum atomic E-state index is -3.36. The molecule has 1 unspecified atom stereocenters. The van der Waals surface area contributed by atoms with Crippen LogP contribution < -0.4 is 10.1 Å².